The molecule has 2 rings (SSSR count). The first-order valence-corrected chi connectivity index (χ1v) is 7.37. The molecule has 0 spiro atoms. The van der Waals surface area contributed by atoms with E-state index in [1.807, 2.05) is 0 Å². The van der Waals surface area contributed by atoms with Crippen LogP contribution in [0.4, 0.5) is 5.69 Å². The molecule has 0 N–H and O–H groups in total. The van der Waals surface area contributed by atoms with Crippen molar-refractivity contribution in [2.75, 3.05) is 7.05 Å². The zero-order chi connectivity index (χ0) is 15.6. The summed E-state index contributed by atoms with van der Waals surface area (Å²) < 4.78 is 0. The van der Waals surface area contributed by atoms with Crippen LogP contribution in [0.2, 0.25) is 5.15 Å². The maximum absolute atomic E-state index is 12.6. The van der Waals surface area contributed by atoms with E-state index in [1.54, 1.807) is 11.9 Å². The first-order chi connectivity index (χ1) is 9.93. The fourth-order valence-corrected chi connectivity index (χ4v) is 3.21. The fourth-order valence-electron chi connectivity index (χ4n) is 2.99. The molecule has 7 heteroatoms. The summed E-state index contributed by atoms with van der Waals surface area (Å²) in [6, 6.07) is 1.47. The molecule has 0 bridgehead atoms. The van der Waals surface area contributed by atoms with E-state index in [-0.39, 0.29) is 22.7 Å². The van der Waals surface area contributed by atoms with Gasteiger partial charge in [-0.3, -0.25) is 14.9 Å². The highest BCUT2D eigenvalue weighted by Crippen LogP contribution is 2.31. The van der Waals surface area contributed by atoms with Crippen LogP contribution in [-0.2, 0) is 0 Å². The van der Waals surface area contributed by atoms with Gasteiger partial charge in [-0.05, 0) is 24.8 Å². The van der Waals surface area contributed by atoms with Crippen LogP contribution < -0.4 is 0 Å². The summed E-state index contributed by atoms with van der Waals surface area (Å²) in [5.41, 5.74) is -0.417. The third kappa shape index (κ3) is 3.15. The van der Waals surface area contributed by atoms with Crippen LogP contribution in [0.5, 0.6) is 0 Å². The summed E-state index contributed by atoms with van der Waals surface area (Å²) >= 11 is 5.76. The lowest BCUT2D eigenvalue weighted by atomic mass is 9.85. The molecule has 1 aromatic rings. The van der Waals surface area contributed by atoms with Crippen LogP contribution in [0.3, 0.4) is 0 Å². The molecule has 0 radical (unpaired) electrons. The molecule has 1 aliphatic rings. The number of aromatic nitrogens is 1. The van der Waals surface area contributed by atoms with Crippen LogP contribution in [-0.4, -0.2) is 33.8 Å². The molecular weight excluding hydrogens is 294 g/mol. The Hall–Kier alpha value is -1.69. The Labute approximate surface area is 128 Å². The van der Waals surface area contributed by atoms with Gasteiger partial charge in [-0.15, -0.1) is 0 Å². The predicted molar refractivity (Wildman–Crippen MR) is 79.4 cm³/mol. The summed E-state index contributed by atoms with van der Waals surface area (Å²) in [5, 5.41) is 10.9. The maximum Gasteiger partial charge on any atom is 0.319 e. The molecule has 1 aliphatic carbocycles. The van der Waals surface area contributed by atoms with Gasteiger partial charge in [-0.1, -0.05) is 31.4 Å². The van der Waals surface area contributed by atoms with Crippen molar-refractivity contribution in [2.45, 2.75) is 38.6 Å². The molecule has 1 saturated carbocycles. The minimum absolute atomic E-state index is 0.000253. The number of carbonyl (C=O) groups excluding carboxylic acids is 1. The number of pyridine rings is 1. The molecule has 21 heavy (non-hydrogen) atoms. The summed E-state index contributed by atoms with van der Waals surface area (Å²) in [5.74, 6) is 0.0221. The molecule has 1 heterocycles. The molecule has 1 amide bonds. The van der Waals surface area contributed by atoms with E-state index >= 15 is 0 Å². The molecule has 6 nitrogen and oxygen atoms in total. The smallest absolute Gasteiger partial charge is 0.319 e. The first kappa shape index (κ1) is 15.7. The van der Waals surface area contributed by atoms with Gasteiger partial charge in [0.25, 0.3) is 5.91 Å². The van der Waals surface area contributed by atoms with Gasteiger partial charge in [0.05, 0.1) is 4.92 Å². The molecule has 0 saturated heterocycles. The second-order valence-electron chi connectivity index (χ2n) is 5.50. The highest BCUT2D eigenvalue weighted by molar-refractivity contribution is 6.32. The predicted octanol–water partition coefficient (Wildman–Crippen LogP) is 3.29. The second kappa shape index (κ2) is 6.39. The average molecular weight is 312 g/mol. The van der Waals surface area contributed by atoms with E-state index in [0.717, 1.165) is 19.3 Å². The van der Waals surface area contributed by atoms with Crippen molar-refractivity contribution in [3.8, 4) is 0 Å². The molecule has 2 atom stereocenters. The molecule has 1 aromatic heterocycles. The van der Waals surface area contributed by atoms with Gasteiger partial charge in [-0.25, -0.2) is 4.98 Å². The number of nitro groups is 1. The van der Waals surface area contributed by atoms with Crippen LogP contribution in [0, 0.1) is 16.0 Å². The van der Waals surface area contributed by atoms with Crippen LogP contribution in [0.15, 0.2) is 12.3 Å². The van der Waals surface area contributed by atoms with Gasteiger partial charge in [0.15, 0.2) is 0 Å². The number of nitrogens with zero attached hydrogens (tertiary/aromatic N) is 3. The Kier molecular flexibility index (Phi) is 4.77. The van der Waals surface area contributed by atoms with Gasteiger partial charge >= 0.3 is 5.69 Å². The van der Waals surface area contributed by atoms with Crippen molar-refractivity contribution in [1.29, 1.82) is 0 Å². The number of hydrogen-bond donors (Lipinski definition) is 0. The summed E-state index contributed by atoms with van der Waals surface area (Å²) in [7, 11) is 1.70. The van der Waals surface area contributed by atoms with Gasteiger partial charge in [0.1, 0.15) is 5.56 Å². The Morgan fingerprint density at radius 1 is 1.48 bits per heavy atom. The Bertz CT molecular complexity index is 564. The van der Waals surface area contributed by atoms with E-state index in [0.29, 0.717) is 5.92 Å². The van der Waals surface area contributed by atoms with E-state index in [1.165, 1.54) is 18.7 Å². The van der Waals surface area contributed by atoms with Gasteiger partial charge in [-0.2, -0.15) is 0 Å². The number of amides is 1. The standard InChI is InChI=1S/C14H18ClN3O3/c1-9-5-3-4-6-11(9)17(2)14(19)10-7-8-16-13(15)12(10)18(20)21/h7-9,11H,3-6H2,1-2H3. The summed E-state index contributed by atoms with van der Waals surface area (Å²) in [4.78, 5) is 28.4. The monoisotopic (exact) mass is 311 g/mol. The largest absolute Gasteiger partial charge is 0.338 e. The Morgan fingerprint density at radius 2 is 2.14 bits per heavy atom. The molecule has 0 aromatic carbocycles. The average Bonchev–Trinajstić information content (AvgIpc) is 2.45. The highest BCUT2D eigenvalue weighted by Gasteiger charge is 2.32. The lowest BCUT2D eigenvalue weighted by Crippen LogP contribution is -2.42. The normalized spacial score (nSPS) is 21.9. The molecular formula is C14H18ClN3O3. The number of carbonyl (C=O) groups is 1. The van der Waals surface area contributed by atoms with Gasteiger partial charge < -0.3 is 4.90 Å². The minimum atomic E-state index is -0.652. The van der Waals surface area contributed by atoms with Crippen molar-refractivity contribution < 1.29 is 9.72 Å². The second-order valence-corrected chi connectivity index (χ2v) is 5.86. The van der Waals surface area contributed by atoms with E-state index in [9.17, 15) is 14.9 Å². The molecule has 1 fully saturated rings. The number of halogens is 1. The first-order valence-electron chi connectivity index (χ1n) is 6.99. The number of hydrogen-bond acceptors (Lipinski definition) is 4. The Balaban J connectivity index is 2.31. The van der Waals surface area contributed by atoms with Crippen molar-refractivity contribution in [2.24, 2.45) is 5.92 Å². The zero-order valence-electron chi connectivity index (χ0n) is 12.1. The van der Waals surface area contributed by atoms with Crippen molar-refractivity contribution >= 4 is 23.2 Å². The Morgan fingerprint density at radius 3 is 2.76 bits per heavy atom. The van der Waals surface area contributed by atoms with Crippen molar-refractivity contribution in [1.82, 2.24) is 9.88 Å². The number of rotatable bonds is 3. The van der Waals surface area contributed by atoms with Crippen molar-refractivity contribution in [3.05, 3.63) is 33.1 Å². The van der Waals surface area contributed by atoms with Crippen molar-refractivity contribution in [3.63, 3.8) is 0 Å². The topological polar surface area (TPSA) is 76.3 Å². The lowest BCUT2D eigenvalue weighted by Gasteiger charge is -2.36. The summed E-state index contributed by atoms with van der Waals surface area (Å²) in [6.07, 6.45) is 5.56. The molecule has 2 unspecified atom stereocenters. The van der Waals surface area contributed by atoms with Crippen LogP contribution in [0.25, 0.3) is 0 Å². The lowest BCUT2D eigenvalue weighted by molar-refractivity contribution is -0.385. The van der Waals surface area contributed by atoms with Gasteiger partial charge in [0.2, 0.25) is 5.15 Å². The third-order valence-corrected chi connectivity index (χ3v) is 4.45. The van der Waals surface area contributed by atoms with E-state index < -0.39 is 10.6 Å². The van der Waals surface area contributed by atoms with Crippen LogP contribution >= 0.6 is 11.6 Å². The van der Waals surface area contributed by atoms with Crippen LogP contribution in [0.1, 0.15) is 43.0 Å². The molecule has 0 aliphatic heterocycles. The third-order valence-electron chi connectivity index (χ3n) is 4.18. The quantitative estimate of drug-likeness (QED) is 0.487. The maximum atomic E-state index is 12.6. The fraction of sp³-hybridized carbons (Fsp3) is 0.571. The SMILES string of the molecule is CC1CCCCC1N(C)C(=O)c1ccnc(Cl)c1[N+](=O)[O-]. The molecule has 114 valence electrons. The van der Waals surface area contributed by atoms with Gasteiger partial charge in [0, 0.05) is 19.3 Å². The van der Waals surface area contributed by atoms with E-state index in [4.69, 9.17) is 11.6 Å². The highest BCUT2D eigenvalue weighted by atomic mass is 35.5. The van der Waals surface area contributed by atoms with E-state index in [2.05, 4.69) is 11.9 Å². The summed E-state index contributed by atoms with van der Waals surface area (Å²) in [6.45, 7) is 2.11. The zero-order valence-corrected chi connectivity index (χ0v) is 12.8. The minimum Gasteiger partial charge on any atom is -0.338 e.